The smallest absolute Gasteiger partial charge is 0.338 e. The van der Waals surface area contributed by atoms with Crippen LogP contribution in [0, 0.1) is 0 Å². The molecule has 0 saturated carbocycles. The number of unbranched alkanes of at least 4 members (excludes halogenated alkanes) is 2. The molecule has 0 fully saturated rings. The Balaban J connectivity index is 1.64. The fraction of sp³-hybridized carbons (Fsp3) is 0.261. The Labute approximate surface area is 154 Å². The number of hydrogen-bond donors (Lipinski definition) is 0. The van der Waals surface area contributed by atoms with E-state index in [1.165, 1.54) is 0 Å². The van der Waals surface area contributed by atoms with Crippen LogP contribution in [0.25, 0.3) is 10.8 Å². The van der Waals surface area contributed by atoms with Gasteiger partial charge in [0.25, 0.3) is 0 Å². The van der Waals surface area contributed by atoms with Crippen LogP contribution >= 0.6 is 0 Å². The zero-order valence-corrected chi connectivity index (χ0v) is 15.1. The minimum Gasteiger partial charge on any atom is -0.489 e. The van der Waals surface area contributed by atoms with Crippen molar-refractivity contribution in [2.45, 2.75) is 32.8 Å². The van der Waals surface area contributed by atoms with E-state index in [1.54, 1.807) is 0 Å². The fourth-order valence-electron chi connectivity index (χ4n) is 2.78. The molecule has 0 aliphatic rings. The van der Waals surface area contributed by atoms with Gasteiger partial charge < -0.3 is 9.47 Å². The van der Waals surface area contributed by atoms with Crippen molar-refractivity contribution in [1.82, 2.24) is 0 Å². The maximum Gasteiger partial charge on any atom is 0.338 e. The van der Waals surface area contributed by atoms with Crippen molar-refractivity contribution >= 4 is 16.7 Å². The van der Waals surface area contributed by atoms with E-state index < -0.39 is 0 Å². The van der Waals surface area contributed by atoms with Crippen molar-refractivity contribution in [3.8, 4) is 5.75 Å². The topological polar surface area (TPSA) is 35.5 Å². The second-order valence-corrected chi connectivity index (χ2v) is 6.34. The average molecular weight is 348 g/mol. The Morgan fingerprint density at radius 3 is 2.46 bits per heavy atom. The SMILES string of the molecule is CCCCCOC(=O)c1ccc2cc(OCc3ccccc3)ccc2c1. The molecular weight excluding hydrogens is 324 g/mol. The van der Waals surface area contributed by atoms with E-state index in [9.17, 15) is 4.79 Å². The Morgan fingerprint density at radius 2 is 1.65 bits per heavy atom. The van der Waals surface area contributed by atoms with Crippen LogP contribution < -0.4 is 4.74 Å². The molecule has 0 aromatic heterocycles. The molecule has 0 atom stereocenters. The lowest BCUT2D eigenvalue weighted by Crippen LogP contribution is -2.06. The molecule has 0 N–H and O–H groups in total. The van der Waals surface area contributed by atoms with Crippen molar-refractivity contribution in [2.75, 3.05) is 6.61 Å². The standard InChI is InChI=1S/C23H24O3/c1-2-3-7-14-25-23(24)21-11-10-20-16-22(13-12-19(20)15-21)26-17-18-8-5-4-6-9-18/h4-6,8-13,15-16H,2-3,7,14,17H2,1H3. The summed E-state index contributed by atoms with van der Waals surface area (Å²) in [6, 6.07) is 21.6. The van der Waals surface area contributed by atoms with E-state index >= 15 is 0 Å². The predicted molar refractivity (Wildman–Crippen MR) is 105 cm³/mol. The highest BCUT2D eigenvalue weighted by Crippen LogP contribution is 2.23. The van der Waals surface area contributed by atoms with Crippen molar-refractivity contribution in [2.24, 2.45) is 0 Å². The predicted octanol–water partition coefficient (Wildman–Crippen LogP) is 5.77. The van der Waals surface area contributed by atoms with E-state index in [4.69, 9.17) is 9.47 Å². The fourth-order valence-corrected chi connectivity index (χ4v) is 2.78. The average Bonchev–Trinajstić information content (AvgIpc) is 2.69. The summed E-state index contributed by atoms with van der Waals surface area (Å²) in [6.07, 6.45) is 3.11. The van der Waals surface area contributed by atoms with Crippen LogP contribution in [-0.2, 0) is 11.3 Å². The number of ether oxygens (including phenoxy) is 2. The molecule has 26 heavy (non-hydrogen) atoms. The van der Waals surface area contributed by atoms with Gasteiger partial charge in [0.05, 0.1) is 12.2 Å². The van der Waals surface area contributed by atoms with Gasteiger partial charge in [-0.2, -0.15) is 0 Å². The third kappa shape index (κ3) is 4.85. The summed E-state index contributed by atoms with van der Waals surface area (Å²) in [5, 5.41) is 2.04. The van der Waals surface area contributed by atoms with E-state index in [-0.39, 0.29) is 5.97 Å². The lowest BCUT2D eigenvalue weighted by Gasteiger charge is -2.09. The molecule has 0 heterocycles. The van der Waals surface area contributed by atoms with Gasteiger partial charge in [0.15, 0.2) is 0 Å². The molecule has 0 aliphatic carbocycles. The summed E-state index contributed by atoms with van der Waals surface area (Å²) in [7, 11) is 0. The number of fused-ring (bicyclic) bond motifs is 1. The summed E-state index contributed by atoms with van der Waals surface area (Å²) < 4.78 is 11.2. The van der Waals surface area contributed by atoms with E-state index in [2.05, 4.69) is 6.92 Å². The molecule has 0 unspecified atom stereocenters. The number of rotatable bonds is 8. The third-order valence-corrected chi connectivity index (χ3v) is 4.28. The first-order valence-corrected chi connectivity index (χ1v) is 9.14. The van der Waals surface area contributed by atoms with Gasteiger partial charge in [0, 0.05) is 0 Å². The molecule has 3 aromatic carbocycles. The van der Waals surface area contributed by atoms with Crippen LogP contribution in [0.1, 0.15) is 42.1 Å². The summed E-state index contributed by atoms with van der Waals surface area (Å²) >= 11 is 0. The molecule has 3 aromatic rings. The van der Waals surface area contributed by atoms with Gasteiger partial charge >= 0.3 is 5.97 Å². The van der Waals surface area contributed by atoms with E-state index in [0.717, 1.165) is 41.3 Å². The first kappa shape index (κ1) is 18.0. The van der Waals surface area contributed by atoms with Gasteiger partial charge in [-0.1, -0.05) is 62.2 Å². The van der Waals surface area contributed by atoms with Crippen LogP contribution in [0.2, 0.25) is 0 Å². The number of hydrogen-bond acceptors (Lipinski definition) is 3. The number of benzene rings is 3. The molecule has 3 nitrogen and oxygen atoms in total. The van der Waals surface area contributed by atoms with Crippen LogP contribution in [0.3, 0.4) is 0 Å². The summed E-state index contributed by atoms with van der Waals surface area (Å²) in [6.45, 7) is 3.15. The summed E-state index contributed by atoms with van der Waals surface area (Å²) in [4.78, 5) is 12.1. The lowest BCUT2D eigenvalue weighted by molar-refractivity contribution is 0.0498. The monoisotopic (exact) mass is 348 g/mol. The first-order valence-electron chi connectivity index (χ1n) is 9.14. The largest absolute Gasteiger partial charge is 0.489 e. The normalized spacial score (nSPS) is 10.7. The highest BCUT2D eigenvalue weighted by Gasteiger charge is 2.08. The Kier molecular flexibility index (Phi) is 6.26. The van der Waals surface area contributed by atoms with Gasteiger partial charge in [-0.25, -0.2) is 4.79 Å². The van der Waals surface area contributed by atoms with E-state index in [1.807, 2.05) is 66.7 Å². The maximum absolute atomic E-state index is 12.1. The Morgan fingerprint density at radius 1 is 0.885 bits per heavy atom. The lowest BCUT2D eigenvalue weighted by atomic mass is 10.1. The molecule has 0 spiro atoms. The molecule has 3 rings (SSSR count). The summed E-state index contributed by atoms with van der Waals surface area (Å²) in [5.74, 6) is 0.559. The van der Waals surface area contributed by atoms with Crippen LogP contribution in [-0.4, -0.2) is 12.6 Å². The Hall–Kier alpha value is -2.81. The first-order chi connectivity index (χ1) is 12.8. The highest BCUT2D eigenvalue weighted by molar-refractivity contribution is 5.95. The number of carbonyl (C=O) groups excluding carboxylic acids is 1. The molecule has 0 amide bonds. The molecule has 0 bridgehead atoms. The van der Waals surface area contributed by atoms with Crippen LogP contribution in [0.4, 0.5) is 0 Å². The second-order valence-electron chi connectivity index (χ2n) is 6.34. The molecule has 134 valence electrons. The van der Waals surface area contributed by atoms with Gasteiger partial charge in [-0.05, 0) is 47.0 Å². The minimum absolute atomic E-state index is 0.257. The zero-order chi connectivity index (χ0) is 18.2. The van der Waals surface area contributed by atoms with Gasteiger partial charge in [0.2, 0.25) is 0 Å². The molecule has 0 saturated heterocycles. The van der Waals surface area contributed by atoms with Gasteiger partial charge in [-0.15, -0.1) is 0 Å². The Bertz CT molecular complexity index is 856. The summed E-state index contributed by atoms with van der Waals surface area (Å²) in [5.41, 5.74) is 1.72. The van der Waals surface area contributed by atoms with Crippen molar-refractivity contribution in [3.63, 3.8) is 0 Å². The number of carbonyl (C=O) groups is 1. The molecule has 0 aliphatic heterocycles. The highest BCUT2D eigenvalue weighted by atomic mass is 16.5. The van der Waals surface area contributed by atoms with Crippen molar-refractivity contribution in [3.05, 3.63) is 77.9 Å². The van der Waals surface area contributed by atoms with Crippen LogP contribution in [0.5, 0.6) is 5.75 Å². The van der Waals surface area contributed by atoms with Crippen molar-refractivity contribution < 1.29 is 14.3 Å². The molecule has 3 heteroatoms. The van der Waals surface area contributed by atoms with Gasteiger partial charge in [-0.3, -0.25) is 0 Å². The maximum atomic E-state index is 12.1. The van der Waals surface area contributed by atoms with E-state index in [0.29, 0.717) is 18.8 Å². The quantitative estimate of drug-likeness (QED) is 0.383. The zero-order valence-electron chi connectivity index (χ0n) is 15.1. The molecule has 0 radical (unpaired) electrons. The number of esters is 1. The van der Waals surface area contributed by atoms with Crippen molar-refractivity contribution in [1.29, 1.82) is 0 Å². The second kappa shape index (κ2) is 9.04. The van der Waals surface area contributed by atoms with Crippen LogP contribution in [0.15, 0.2) is 66.7 Å². The van der Waals surface area contributed by atoms with Gasteiger partial charge in [0.1, 0.15) is 12.4 Å². The third-order valence-electron chi connectivity index (χ3n) is 4.28. The minimum atomic E-state index is -0.257. The molecular formula is C23H24O3.